The molecule has 1 atom stereocenters. The molecule has 1 unspecified atom stereocenters. The maximum atomic E-state index is 12.0. The molecule has 0 aromatic carbocycles. The third kappa shape index (κ3) is 3.25. The van der Waals surface area contributed by atoms with Gasteiger partial charge in [-0.3, -0.25) is 0 Å². The first-order valence-electron chi connectivity index (χ1n) is 6.36. The zero-order chi connectivity index (χ0) is 12.1. The molecule has 0 spiro atoms. The van der Waals surface area contributed by atoms with Crippen molar-refractivity contribution in [1.29, 1.82) is 0 Å². The van der Waals surface area contributed by atoms with Gasteiger partial charge in [0.1, 0.15) is 5.76 Å². The summed E-state index contributed by atoms with van der Waals surface area (Å²) in [5.41, 5.74) is 0. The van der Waals surface area contributed by atoms with Crippen molar-refractivity contribution in [1.82, 2.24) is 10.2 Å². The molecule has 4 heteroatoms. The number of urea groups is 1. The van der Waals surface area contributed by atoms with Crippen LogP contribution in [0.4, 0.5) is 4.79 Å². The van der Waals surface area contributed by atoms with E-state index in [-0.39, 0.29) is 12.1 Å². The minimum atomic E-state index is -0.0687. The molecule has 2 heterocycles. The molecular weight excluding hydrogens is 216 g/mol. The average Bonchev–Trinajstić information content (AvgIpc) is 2.71. The van der Waals surface area contributed by atoms with Gasteiger partial charge in [-0.05, 0) is 31.9 Å². The Bertz CT molecular complexity index is 340. The number of nitrogens with one attached hydrogen (secondary N) is 1. The highest BCUT2D eigenvalue weighted by Crippen LogP contribution is 2.14. The van der Waals surface area contributed by atoms with Crippen molar-refractivity contribution < 1.29 is 9.21 Å². The largest absolute Gasteiger partial charge is 0.467 e. The number of carbonyl (C=O) groups is 1. The van der Waals surface area contributed by atoms with Crippen molar-refractivity contribution in [3.05, 3.63) is 24.2 Å². The van der Waals surface area contributed by atoms with E-state index in [2.05, 4.69) is 5.32 Å². The summed E-state index contributed by atoms with van der Waals surface area (Å²) in [4.78, 5) is 13.9. The van der Waals surface area contributed by atoms with Crippen LogP contribution >= 0.6 is 0 Å². The Kier molecular flexibility index (Phi) is 4.07. The SMILES string of the molecule is CC(NC(=O)N1CCCCCC1)c1ccco1. The van der Waals surface area contributed by atoms with Gasteiger partial charge >= 0.3 is 6.03 Å². The molecule has 17 heavy (non-hydrogen) atoms. The molecule has 1 aromatic rings. The highest BCUT2D eigenvalue weighted by Gasteiger charge is 2.18. The third-order valence-electron chi connectivity index (χ3n) is 3.20. The lowest BCUT2D eigenvalue weighted by atomic mass is 10.2. The van der Waals surface area contributed by atoms with Gasteiger partial charge in [0, 0.05) is 13.1 Å². The molecule has 1 aliphatic rings. The van der Waals surface area contributed by atoms with Crippen LogP contribution in [0.1, 0.15) is 44.4 Å². The molecule has 2 rings (SSSR count). The topological polar surface area (TPSA) is 45.5 Å². The second-order valence-corrected chi connectivity index (χ2v) is 4.59. The van der Waals surface area contributed by atoms with Gasteiger partial charge in [-0.15, -0.1) is 0 Å². The number of carbonyl (C=O) groups excluding carboxylic acids is 1. The summed E-state index contributed by atoms with van der Waals surface area (Å²) >= 11 is 0. The molecule has 94 valence electrons. The Morgan fingerprint density at radius 2 is 2.06 bits per heavy atom. The first kappa shape index (κ1) is 12.0. The van der Waals surface area contributed by atoms with Crippen molar-refractivity contribution >= 4 is 6.03 Å². The van der Waals surface area contributed by atoms with Crippen LogP contribution < -0.4 is 5.32 Å². The monoisotopic (exact) mass is 236 g/mol. The Balaban J connectivity index is 1.87. The van der Waals surface area contributed by atoms with E-state index in [1.54, 1.807) is 6.26 Å². The van der Waals surface area contributed by atoms with Gasteiger partial charge in [0.05, 0.1) is 12.3 Å². The number of hydrogen-bond donors (Lipinski definition) is 1. The lowest BCUT2D eigenvalue weighted by Gasteiger charge is -2.22. The van der Waals surface area contributed by atoms with Gasteiger partial charge in [0.2, 0.25) is 0 Å². The smallest absolute Gasteiger partial charge is 0.317 e. The molecule has 2 amide bonds. The van der Waals surface area contributed by atoms with Crippen molar-refractivity contribution in [3.8, 4) is 0 Å². The van der Waals surface area contributed by atoms with E-state index >= 15 is 0 Å². The highest BCUT2D eigenvalue weighted by molar-refractivity contribution is 5.74. The minimum absolute atomic E-state index is 0.0239. The van der Waals surface area contributed by atoms with Crippen LogP contribution in [0.3, 0.4) is 0 Å². The molecule has 0 bridgehead atoms. The summed E-state index contributed by atoms with van der Waals surface area (Å²) in [6.07, 6.45) is 6.32. The van der Waals surface area contributed by atoms with Gasteiger partial charge < -0.3 is 14.6 Å². The number of nitrogens with zero attached hydrogens (tertiary/aromatic N) is 1. The van der Waals surface area contributed by atoms with E-state index in [1.165, 1.54) is 12.8 Å². The fourth-order valence-electron chi connectivity index (χ4n) is 2.16. The number of furan rings is 1. The van der Waals surface area contributed by atoms with Crippen LogP contribution in [0.15, 0.2) is 22.8 Å². The van der Waals surface area contributed by atoms with Gasteiger partial charge in [-0.2, -0.15) is 0 Å². The van der Waals surface area contributed by atoms with Crippen molar-refractivity contribution in [2.75, 3.05) is 13.1 Å². The Morgan fingerprint density at radius 3 is 2.65 bits per heavy atom. The average molecular weight is 236 g/mol. The lowest BCUT2D eigenvalue weighted by molar-refractivity contribution is 0.195. The maximum Gasteiger partial charge on any atom is 0.317 e. The van der Waals surface area contributed by atoms with Gasteiger partial charge in [-0.1, -0.05) is 12.8 Å². The van der Waals surface area contributed by atoms with E-state index < -0.39 is 0 Å². The number of amides is 2. The van der Waals surface area contributed by atoms with Gasteiger partial charge in [-0.25, -0.2) is 4.79 Å². The molecule has 1 aliphatic heterocycles. The molecule has 1 saturated heterocycles. The van der Waals surface area contributed by atoms with Crippen molar-refractivity contribution in [2.24, 2.45) is 0 Å². The van der Waals surface area contributed by atoms with Crippen LogP contribution in [-0.4, -0.2) is 24.0 Å². The minimum Gasteiger partial charge on any atom is -0.467 e. The van der Waals surface area contributed by atoms with Crippen LogP contribution in [-0.2, 0) is 0 Å². The van der Waals surface area contributed by atoms with E-state index in [0.29, 0.717) is 0 Å². The van der Waals surface area contributed by atoms with E-state index in [0.717, 1.165) is 31.7 Å². The van der Waals surface area contributed by atoms with Crippen LogP contribution in [0.25, 0.3) is 0 Å². The molecule has 4 nitrogen and oxygen atoms in total. The van der Waals surface area contributed by atoms with E-state index in [4.69, 9.17) is 4.42 Å². The summed E-state index contributed by atoms with van der Waals surface area (Å²) in [5.74, 6) is 0.799. The van der Waals surface area contributed by atoms with E-state index in [9.17, 15) is 4.79 Å². The molecule has 0 saturated carbocycles. The fraction of sp³-hybridized carbons (Fsp3) is 0.615. The summed E-state index contributed by atoms with van der Waals surface area (Å²) in [6.45, 7) is 3.68. The quantitative estimate of drug-likeness (QED) is 0.858. The summed E-state index contributed by atoms with van der Waals surface area (Å²) < 4.78 is 5.27. The zero-order valence-corrected chi connectivity index (χ0v) is 10.3. The van der Waals surface area contributed by atoms with Crippen LogP contribution in [0.5, 0.6) is 0 Å². The molecule has 1 N–H and O–H groups in total. The summed E-state index contributed by atoms with van der Waals surface area (Å²) in [5, 5.41) is 2.97. The number of hydrogen-bond acceptors (Lipinski definition) is 2. The summed E-state index contributed by atoms with van der Waals surface area (Å²) in [6, 6.07) is 3.67. The molecule has 1 aromatic heterocycles. The van der Waals surface area contributed by atoms with E-state index in [1.807, 2.05) is 24.0 Å². The van der Waals surface area contributed by atoms with Gasteiger partial charge in [0.15, 0.2) is 0 Å². The normalized spacial score (nSPS) is 18.5. The maximum absolute atomic E-state index is 12.0. The van der Waals surface area contributed by atoms with Crippen LogP contribution in [0, 0.1) is 0 Å². The molecule has 0 radical (unpaired) electrons. The Morgan fingerprint density at radius 1 is 1.35 bits per heavy atom. The molecule has 1 fully saturated rings. The molecule has 0 aliphatic carbocycles. The second kappa shape index (κ2) is 5.75. The third-order valence-corrected chi connectivity index (χ3v) is 3.20. The number of likely N-dealkylation sites (tertiary alicyclic amines) is 1. The Labute approximate surface area is 102 Å². The summed E-state index contributed by atoms with van der Waals surface area (Å²) in [7, 11) is 0. The predicted octanol–water partition coefficient (Wildman–Crippen LogP) is 2.93. The number of rotatable bonds is 2. The zero-order valence-electron chi connectivity index (χ0n) is 10.3. The van der Waals surface area contributed by atoms with Crippen LogP contribution in [0.2, 0.25) is 0 Å². The highest BCUT2D eigenvalue weighted by atomic mass is 16.3. The predicted molar refractivity (Wildman–Crippen MR) is 65.7 cm³/mol. The fourth-order valence-corrected chi connectivity index (χ4v) is 2.16. The van der Waals surface area contributed by atoms with Crippen molar-refractivity contribution in [3.63, 3.8) is 0 Å². The molecular formula is C13H20N2O2. The standard InChI is InChI=1S/C13H20N2O2/c1-11(12-7-6-10-17-12)14-13(16)15-8-4-2-3-5-9-15/h6-7,10-11H,2-5,8-9H2,1H3,(H,14,16). The second-order valence-electron chi connectivity index (χ2n) is 4.59. The van der Waals surface area contributed by atoms with Gasteiger partial charge in [0.25, 0.3) is 0 Å². The Hall–Kier alpha value is -1.45. The first-order chi connectivity index (χ1) is 8.27. The van der Waals surface area contributed by atoms with Crippen molar-refractivity contribution in [2.45, 2.75) is 38.6 Å². The lowest BCUT2D eigenvalue weighted by Crippen LogP contribution is -2.41. The first-order valence-corrected chi connectivity index (χ1v) is 6.36.